The minimum Gasteiger partial charge on any atom is -0.490 e. The number of Topliss-reactive ketones (excluding diaryl/α,β-unsaturated/α-hetero) is 1. The van der Waals surface area contributed by atoms with E-state index in [-0.39, 0.29) is 10.8 Å². The molecule has 4 bridgehead atoms. The molecule has 4 heterocycles. The summed E-state index contributed by atoms with van der Waals surface area (Å²) in [6, 6.07) is 8.57. The van der Waals surface area contributed by atoms with Crippen LogP contribution in [0.15, 0.2) is 36.9 Å². The van der Waals surface area contributed by atoms with E-state index in [4.69, 9.17) is 4.74 Å². The maximum Gasteiger partial charge on any atom is 0.240 e. The fourth-order valence-corrected chi connectivity index (χ4v) is 5.77. The van der Waals surface area contributed by atoms with Crippen LogP contribution in [0.3, 0.4) is 0 Å². The van der Waals surface area contributed by atoms with Crippen LogP contribution in [0.5, 0.6) is 5.75 Å². The molecule has 134 valence electrons. The Balaban J connectivity index is 1.62. The first-order chi connectivity index (χ1) is 12.1. The van der Waals surface area contributed by atoms with Gasteiger partial charge >= 0.3 is 0 Å². The lowest BCUT2D eigenvalue weighted by Gasteiger charge is -2.60. The zero-order chi connectivity index (χ0) is 17.7. The van der Waals surface area contributed by atoms with Crippen molar-refractivity contribution >= 4 is 5.78 Å². The molecule has 2 N–H and O–H groups in total. The third-order valence-corrected chi connectivity index (χ3v) is 6.98. The smallest absolute Gasteiger partial charge is 0.240 e. The van der Waals surface area contributed by atoms with Gasteiger partial charge < -0.3 is 4.74 Å². The lowest BCUT2D eigenvalue weighted by atomic mass is 9.58. The van der Waals surface area contributed by atoms with Crippen molar-refractivity contribution in [3.63, 3.8) is 0 Å². The van der Waals surface area contributed by atoms with E-state index < -0.39 is 0 Å². The largest absolute Gasteiger partial charge is 0.490 e. The van der Waals surface area contributed by atoms with Crippen LogP contribution >= 0.6 is 0 Å². The molecular formula is C21H30N2O2+2. The second-order valence-electron chi connectivity index (χ2n) is 8.22. The van der Waals surface area contributed by atoms with E-state index >= 15 is 0 Å². The topological polar surface area (TPSA) is 35.2 Å². The zero-order valence-corrected chi connectivity index (χ0v) is 15.4. The first kappa shape index (κ1) is 16.8. The number of ketones is 1. The van der Waals surface area contributed by atoms with Gasteiger partial charge in [0, 0.05) is 0 Å². The number of ether oxygens (including phenoxy) is 1. The summed E-state index contributed by atoms with van der Waals surface area (Å²) in [4.78, 5) is 16.4. The summed E-state index contributed by atoms with van der Waals surface area (Å²) in [5.41, 5.74) is 1.21. The van der Waals surface area contributed by atoms with Crippen LogP contribution in [-0.4, -0.2) is 38.6 Å². The first-order valence-electron chi connectivity index (χ1n) is 9.65. The minimum atomic E-state index is -0.0826. The van der Waals surface area contributed by atoms with E-state index in [0.29, 0.717) is 18.6 Å². The van der Waals surface area contributed by atoms with Gasteiger partial charge in [0.15, 0.2) is 5.78 Å². The fourth-order valence-electron chi connectivity index (χ4n) is 5.77. The summed E-state index contributed by atoms with van der Waals surface area (Å²) in [6.07, 6.45) is 4.20. The molecule has 0 saturated carbocycles. The number of carbonyl (C=O) groups is 1. The van der Waals surface area contributed by atoms with Crippen molar-refractivity contribution in [2.45, 2.75) is 32.9 Å². The number of rotatable bonds is 6. The van der Waals surface area contributed by atoms with Gasteiger partial charge in [0.1, 0.15) is 49.4 Å². The third-order valence-electron chi connectivity index (χ3n) is 6.98. The number of benzene rings is 1. The molecule has 1 aromatic rings. The van der Waals surface area contributed by atoms with Crippen LogP contribution in [0.25, 0.3) is 0 Å². The predicted molar refractivity (Wildman–Crippen MR) is 96.7 cm³/mol. The van der Waals surface area contributed by atoms with E-state index in [0.717, 1.165) is 44.8 Å². The minimum absolute atomic E-state index is 0.0826. The fraction of sp³-hybridized carbons (Fsp3) is 0.571. The van der Waals surface area contributed by atoms with Gasteiger partial charge in [-0.1, -0.05) is 26.5 Å². The molecule has 5 rings (SSSR count). The third kappa shape index (κ3) is 2.38. The van der Waals surface area contributed by atoms with Gasteiger partial charge in [-0.2, -0.15) is 0 Å². The van der Waals surface area contributed by atoms with Crippen molar-refractivity contribution in [1.29, 1.82) is 0 Å². The van der Waals surface area contributed by atoms with Crippen molar-refractivity contribution < 1.29 is 19.3 Å². The van der Waals surface area contributed by atoms with Gasteiger partial charge in [-0.25, -0.2) is 0 Å². The van der Waals surface area contributed by atoms with Gasteiger partial charge in [-0.15, -0.1) is 0 Å². The highest BCUT2D eigenvalue weighted by atomic mass is 16.5. The molecule has 0 atom stereocenters. The molecule has 0 amide bonds. The number of hydrogen-bond donors (Lipinski definition) is 2. The molecule has 1 aromatic carbocycles. The Morgan fingerprint density at radius 2 is 1.60 bits per heavy atom. The van der Waals surface area contributed by atoms with Crippen molar-refractivity contribution in [2.24, 2.45) is 10.8 Å². The number of nitrogens with one attached hydrogen (secondary N) is 2. The summed E-state index contributed by atoms with van der Waals surface area (Å²) >= 11 is 0. The molecule has 4 aliphatic rings. The highest BCUT2D eigenvalue weighted by molar-refractivity contribution is 5.92. The molecular weight excluding hydrogens is 312 g/mol. The Labute approximate surface area is 150 Å². The van der Waals surface area contributed by atoms with Crippen molar-refractivity contribution in [3.05, 3.63) is 42.5 Å². The van der Waals surface area contributed by atoms with Gasteiger partial charge in [0.05, 0.1) is 5.56 Å². The van der Waals surface area contributed by atoms with E-state index in [2.05, 4.69) is 44.7 Å². The van der Waals surface area contributed by atoms with Crippen LogP contribution in [0.2, 0.25) is 0 Å². The SMILES string of the molecule is C=CCOc1ccc(C2[NH+]3CC4(CC)C[NH+]2CC(CC)(C3)C4=O)cc1. The Bertz CT molecular complexity index is 640. The normalized spacial score (nSPS) is 38.8. The van der Waals surface area contributed by atoms with Crippen molar-refractivity contribution in [1.82, 2.24) is 0 Å². The Morgan fingerprint density at radius 1 is 1.08 bits per heavy atom. The van der Waals surface area contributed by atoms with E-state index in [1.807, 2.05) is 0 Å². The van der Waals surface area contributed by atoms with Crippen LogP contribution < -0.4 is 14.5 Å². The van der Waals surface area contributed by atoms with Crippen LogP contribution in [0.4, 0.5) is 0 Å². The lowest BCUT2D eigenvalue weighted by molar-refractivity contribution is -1.18. The molecule has 0 unspecified atom stereocenters. The molecule has 0 aromatic heterocycles. The highest BCUT2D eigenvalue weighted by Gasteiger charge is 2.70. The number of carbonyl (C=O) groups excluding carboxylic acids is 1. The molecule has 4 heteroatoms. The molecule has 25 heavy (non-hydrogen) atoms. The lowest BCUT2D eigenvalue weighted by Crippen LogP contribution is -3.41. The van der Waals surface area contributed by atoms with E-state index in [1.54, 1.807) is 15.9 Å². The molecule has 4 fully saturated rings. The monoisotopic (exact) mass is 342 g/mol. The number of piperidine rings is 2. The second-order valence-corrected chi connectivity index (χ2v) is 8.22. The van der Waals surface area contributed by atoms with Crippen LogP contribution in [0, 0.1) is 10.8 Å². The Hall–Kier alpha value is -1.65. The number of hydrogen-bond acceptors (Lipinski definition) is 2. The standard InChI is InChI=1S/C21H28N2O2/c1-4-11-25-17-9-7-16(8-10-17)18-22-12-20(5-2)13-23(18)15-21(6-3,14-22)19(20)24/h4,7-10,18H,1,5-6,11-15H2,2-3H3/p+2. The summed E-state index contributed by atoms with van der Waals surface area (Å²) in [6.45, 7) is 12.7. The molecule has 0 aliphatic carbocycles. The van der Waals surface area contributed by atoms with Gasteiger partial charge in [-0.3, -0.25) is 14.6 Å². The summed E-state index contributed by atoms with van der Waals surface area (Å²) in [5.74, 6) is 1.47. The van der Waals surface area contributed by atoms with Crippen molar-refractivity contribution in [2.75, 3.05) is 32.8 Å². The second kappa shape index (κ2) is 5.96. The van der Waals surface area contributed by atoms with Gasteiger partial charge in [-0.05, 0) is 37.1 Å². The average Bonchev–Trinajstić information content (AvgIpc) is 2.64. The average molecular weight is 342 g/mol. The molecule has 4 aliphatic heterocycles. The van der Waals surface area contributed by atoms with Crippen molar-refractivity contribution in [3.8, 4) is 5.75 Å². The van der Waals surface area contributed by atoms with E-state index in [9.17, 15) is 4.79 Å². The number of quaternary nitrogens is 2. The highest BCUT2D eigenvalue weighted by Crippen LogP contribution is 2.40. The molecule has 0 spiro atoms. The quantitative estimate of drug-likeness (QED) is 0.735. The molecule has 0 radical (unpaired) electrons. The summed E-state index contributed by atoms with van der Waals surface area (Å²) in [7, 11) is 0. The maximum atomic E-state index is 13.2. The summed E-state index contributed by atoms with van der Waals surface area (Å²) < 4.78 is 5.62. The predicted octanol–water partition coefficient (Wildman–Crippen LogP) is 0.423. The van der Waals surface area contributed by atoms with Crippen LogP contribution in [-0.2, 0) is 4.79 Å². The maximum absolute atomic E-state index is 13.2. The van der Waals surface area contributed by atoms with Crippen LogP contribution in [0.1, 0.15) is 38.4 Å². The zero-order valence-electron chi connectivity index (χ0n) is 15.4. The molecule has 4 saturated heterocycles. The summed E-state index contributed by atoms with van der Waals surface area (Å²) in [5, 5.41) is 0. The molecule has 4 nitrogen and oxygen atoms in total. The first-order valence-corrected chi connectivity index (χ1v) is 9.65. The van der Waals surface area contributed by atoms with Gasteiger partial charge in [0.2, 0.25) is 6.17 Å². The van der Waals surface area contributed by atoms with Gasteiger partial charge in [0.25, 0.3) is 0 Å². The Morgan fingerprint density at radius 3 is 2.04 bits per heavy atom. The van der Waals surface area contributed by atoms with E-state index in [1.165, 1.54) is 5.56 Å². The Kier molecular flexibility index (Phi) is 4.00.